The van der Waals surface area contributed by atoms with Crippen LogP contribution in [-0.4, -0.2) is 0 Å². The van der Waals surface area contributed by atoms with Gasteiger partial charge in [0.15, 0.2) is 0 Å². The Bertz CT molecular complexity index is 790. The van der Waals surface area contributed by atoms with Gasteiger partial charge in [-0.1, -0.05) is 91.0 Å². The molecule has 0 aliphatic rings. The van der Waals surface area contributed by atoms with Gasteiger partial charge in [0.1, 0.15) is 0 Å². The normalized spacial score (nSPS) is 10.1. The van der Waals surface area contributed by atoms with Crippen molar-refractivity contribution >= 4 is 0 Å². The van der Waals surface area contributed by atoms with Crippen molar-refractivity contribution < 1.29 is 32.7 Å². The fraction of sp³-hybridized carbons (Fsp3) is 0. The molecule has 0 saturated heterocycles. The zero-order valence-electron chi connectivity index (χ0n) is 14.0. The van der Waals surface area contributed by atoms with Crippen molar-refractivity contribution in [3.8, 4) is 33.4 Å². The summed E-state index contributed by atoms with van der Waals surface area (Å²) < 4.78 is 0. The summed E-state index contributed by atoms with van der Waals surface area (Å²) >= 11 is 0. The summed E-state index contributed by atoms with van der Waals surface area (Å²) in [5.41, 5.74) is 7.47. The average molecular weight is 395 g/mol. The molecule has 0 nitrogen and oxygen atoms in total. The Balaban J connectivity index is 0.00000182. The zero-order valence-corrected chi connectivity index (χ0v) is 16.8. The van der Waals surface area contributed by atoms with Crippen molar-refractivity contribution in [3.63, 3.8) is 0 Å². The minimum atomic E-state index is 0. The molecule has 0 bridgehead atoms. The van der Waals surface area contributed by atoms with E-state index in [0.717, 1.165) is 0 Å². The van der Waals surface area contributed by atoms with Crippen LogP contribution in [0.5, 0.6) is 0 Å². The van der Waals surface area contributed by atoms with E-state index >= 15 is 0 Å². The largest absolute Gasteiger partial charge is 0.0622 e. The van der Waals surface area contributed by atoms with Gasteiger partial charge in [-0.15, -0.1) is 0 Å². The minimum Gasteiger partial charge on any atom is -0.0622 e. The third-order valence-corrected chi connectivity index (χ3v) is 4.25. The summed E-state index contributed by atoms with van der Waals surface area (Å²) in [7, 11) is 0. The smallest absolute Gasteiger partial charge is 0 e. The van der Waals surface area contributed by atoms with Crippen molar-refractivity contribution in [2.24, 2.45) is 0 Å². The number of hydrogen-bond donors (Lipinski definition) is 0. The quantitative estimate of drug-likeness (QED) is 0.363. The number of rotatable bonds is 3. The average Bonchev–Trinajstić information content (AvgIpc) is 2.70. The van der Waals surface area contributed by atoms with Gasteiger partial charge in [-0.3, -0.25) is 0 Å². The molecule has 1 heteroatoms. The summed E-state index contributed by atoms with van der Waals surface area (Å²) in [5.74, 6) is 0. The summed E-state index contributed by atoms with van der Waals surface area (Å²) in [4.78, 5) is 0. The van der Waals surface area contributed by atoms with E-state index in [9.17, 15) is 0 Å². The molecule has 0 unspecified atom stereocenters. The fourth-order valence-corrected chi connectivity index (χ4v) is 3.02. The van der Waals surface area contributed by atoms with Gasteiger partial charge in [0, 0.05) is 32.7 Å². The predicted molar refractivity (Wildman–Crippen MR) is 103 cm³/mol. The molecule has 0 fully saturated rings. The zero-order chi connectivity index (χ0) is 16.2. The summed E-state index contributed by atoms with van der Waals surface area (Å²) in [6, 6.07) is 38.5. The van der Waals surface area contributed by atoms with Crippen LogP contribution in [0.2, 0.25) is 0 Å². The van der Waals surface area contributed by atoms with E-state index in [2.05, 4.69) is 109 Å². The molecule has 117 valence electrons. The standard InChI is InChI=1S/C24H18.Y/c1-4-10-19(11-5-1)22-16-23(20-12-6-2-7-13-20)18-24(17-22)21-14-8-3-9-15-21;/h1-18H;. The van der Waals surface area contributed by atoms with E-state index in [4.69, 9.17) is 0 Å². The number of hydrogen-bond acceptors (Lipinski definition) is 0. The van der Waals surface area contributed by atoms with Gasteiger partial charge in [-0.25, -0.2) is 0 Å². The third kappa shape index (κ3) is 4.15. The third-order valence-electron chi connectivity index (χ3n) is 4.25. The molecule has 0 saturated carbocycles. The molecule has 0 aromatic heterocycles. The first-order chi connectivity index (χ1) is 11.9. The molecule has 0 aliphatic heterocycles. The molecule has 0 N–H and O–H groups in total. The maximum atomic E-state index is 2.27. The molecule has 0 aliphatic carbocycles. The molecule has 1 radical (unpaired) electrons. The topological polar surface area (TPSA) is 0 Å². The van der Waals surface area contributed by atoms with E-state index < -0.39 is 0 Å². The Morgan fingerprint density at radius 3 is 0.760 bits per heavy atom. The molecule has 0 amide bonds. The van der Waals surface area contributed by atoms with Gasteiger partial charge >= 0.3 is 0 Å². The predicted octanol–water partition coefficient (Wildman–Crippen LogP) is 6.69. The molecule has 0 spiro atoms. The van der Waals surface area contributed by atoms with Crippen LogP contribution in [0.25, 0.3) is 33.4 Å². The van der Waals surface area contributed by atoms with Crippen LogP contribution in [0.1, 0.15) is 0 Å². The Morgan fingerprint density at radius 1 is 0.280 bits per heavy atom. The van der Waals surface area contributed by atoms with E-state index in [0.29, 0.717) is 0 Å². The second kappa shape index (κ2) is 8.38. The monoisotopic (exact) mass is 395 g/mol. The van der Waals surface area contributed by atoms with E-state index in [-0.39, 0.29) is 32.7 Å². The van der Waals surface area contributed by atoms with Crippen molar-refractivity contribution in [1.29, 1.82) is 0 Å². The first kappa shape index (κ1) is 17.8. The first-order valence-corrected chi connectivity index (χ1v) is 8.21. The van der Waals surface area contributed by atoms with Crippen LogP contribution in [0.15, 0.2) is 109 Å². The Hall–Kier alpha value is -2.02. The van der Waals surface area contributed by atoms with Crippen molar-refractivity contribution in [3.05, 3.63) is 109 Å². The Labute approximate surface area is 174 Å². The molecule has 25 heavy (non-hydrogen) atoms. The molecule has 4 aromatic carbocycles. The van der Waals surface area contributed by atoms with Crippen LogP contribution in [0, 0.1) is 0 Å². The SMILES string of the molecule is [Y].c1ccc(-c2cc(-c3ccccc3)cc(-c3ccccc3)c2)cc1. The van der Waals surface area contributed by atoms with E-state index in [1.807, 2.05) is 0 Å². The van der Waals surface area contributed by atoms with Gasteiger partial charge in [0.05, 0.1) is 0 Å². The summed E-state index contributed by atoms with van der Waals surface area (Å²) in [6.07, 6.45) is 0. The summed E-state index contributed by atoms with van der Waals surface area (Å²) in [6.45, 7) is 0. The van der Waals surface area contributed by atoms with Gasteiger partial charge < -0.3 is 0 Å². The molecule has 4 aromatic rings. The molecular formula is C24H18Y. The first-order valence-electron chi connectivity index (χ1n) is 8.21. The minimum absolute atomic E-state index is 0. The van der Waals surface area contributed by atoms with Crippen LogP contribution < -0.4 is 0 Å². The fourth-order valence-electron chi connectivity index (χ4n) is 3.02. The molecule has 4 rings (SSSR count). The molecular weight excluding hydrogens is 377 g/mol. The van der Waals surface area contributed by atoms with Crippen LogP contribution in [0.4, 0.5) is 0 Å². The molecule has 0 atom stereocenters. The van der Waals surface area contributed by atoms with Gasteiger partial charge in [0.25, 0.3) is 0 Å². The second-order valence-electron chi connectivity index (χ2n) is 5.90. The van der Waals surface area contributed by atoms with Crippen molar-refractivity contribution in [2.75, 3.05) is 0 Å². The summed E-state index contributed by atoms with van der Waals surface area (Å²) in [5, 5.41) is 0. The Morgan fingerprint density at radius 2 is 0.520 bits per heavy atom. The Kier molecular flexibility index (Phi) is 5.97. The van der Waals surface area contributed by atoms with Gasteiger partial charge in [0.2, 0.25) is 0 Å². The van der Waals surface area contributed by atoms with Crippen molar-refractivity contribution in [2.45, 2.75) is 0 Å². The van der Waals surface area contributed by atoms with E-state index in [1.165, 1.54) is 33.4 Å². The van der Waals surface area contributed by atoms with Gasteiger partial charge in [-0.05, 0) is 51.6 Å². The van der Waals surface area contributed by atoms with Crippen LogP contribution >= 0.6 is 0 Å². The van der Waals surface area contributed by atoms with Crippen LogP contribution in [0.3, 0.4) is 0 Å². The van der Waals surface area contributed by atoms with Gasteiger partial charge in [-0.2, -0.15) is 0 Å². The number of benzene rings is 4. The van der Waals surface area contributed by atoms with E-state index in [1.54, 1.807) is 0 Å². The van der Waals surface area contributed by atoms with Crippen molar-refractivity contribution in [1.82, 2.24) is 0 Å². The second-order valence-corrected chi connectivity index (χ2v) is 5.90. The van der Waals surface area contributed by atoms with Crippen LogP contribution in [-0.2, 0) is 32.7 Å². The maximum absolute atomic E-state index is 2.27. The molecule has 0 heterocycles. The maximum Gasteiger partial charge on any atom is 0 e.